The summed E-state index contributed by atoms with van der Waals surface area (Å²) in [5.41, 5.74) is 0. The number of carboxylic acids is 1. The van der Waals surface area contributed by atoms with Crippen LogP contribution < -0.4 is 0 Å². The van der Waals surface area contributed by atoms with E-state index in [1.807, 2.05) is 24.3 Å². The van der Waals surface area contributed by atoms with Crippen molar-refractivity contribution < 1.29 is 34.9 Å². The van der Waals surface area contributed by atoms with Crippen LogP contribution in [0.25, 0.3) is 0 Å². The number of hydrogen-bond donors (Lipinski definition) is 1. The van der Waals surface area contributed by atoms with E-state index >= 15 is 0 Å². The molecule has 3 nitrogen and oxygen atoms in total. The molecule has 0 aromatic heterocycles. The van der Waals surface area contributed by atoms with Crippen LogP contribution in [0.5, 0.6) is 0 Å². The van der Waals surface area contributed by atoms with Crippen molar-refractivity contribution in [3.63, 3.8) is 0 Å². The minimum absolute atomic E-state index is 0. The summed E-state index contributed by atoms with van der Waals surface area (Å²) in [5.74, 6) is -0.931. The van der Waals surface area contributed by atoms with E-state index in [9.17, 15) is 4.79 Å². The summed E-state index contributed by atoms with van der Waals surface area (Å²) in [5, 5.41) is 8.38. The van der Waals surface area contributed by atoms with Gasteiger partial charge >= 0.3 is 5.97 Å². The minimum Gasteiger partial charge on any atom is -0.478 e. The summed E-state index contributed by atoms with van der Waals surface area (Å²) in [4.78, 5) is 10.2. The molecular weight excluding hydrogens is 354 g/mol. The number of rotatable bonds is 13. The number of aliphatic carboxylic acids is 1. The number of allylic oxidation sites excluding steroid dienone is 9. The molecule has 0 spiro atoms. The van der Waals surface area contributed by atoms with Crippen LogP contribution in [0.15, 0.2) is 60.8 Å². The monoisotopic (exact) mass is 384 g/mol. The molecule has 24 heavy (non-hydrogen) atoms. The maximum Gasteiger partial charge on any atom is 0.328 e. The van der Waals surface area contributed by atoms with Crippen LogP contribution in [-0.2, 0) is 24.3 Å². The fourth-order valence-electron chi connectivity index (χ4n) is 1.92. The smallest absolute Gasteiger partial charge is 0.328 e. The predicted molar refractivity (Wildman–Crippen MR) is 99.6 cm³/mol. The second-order valence-electron chi connectivity index (χ2n) is 5.19. The minimum atomic E-state index is -0.931. The molecule has 0 fully saturated rings. The van der Waals surface area contributed by atoms with E-state index in [-0.39, 0.29) is 25.0 Å². The first kappa shape index (κ1) is 27.6. The number of hydrogen-bond acceptors (Lipinski definition) is 1. The topological polar surface area (TPSA) is 68.8 Å². The molecule has 0 rings (SSSR count). The Labute approximate surface area is 160 Å². The van der Waals surface area contributed by atoms with Crippen LogP contribution >= 0.6 is 0 Å². The van der Waals surface area contributed by atoms with E-state index in [2.05, 4.69) is 19.1 Å². The zero-order valence-corrected chi connectivity index (χ0v) is 18.0. The normalized spacial score (nSPS) is 11.7. The van der Waals surface area contributed by atoms with E-state index in [0.29, 0.717) is 0 Å². The first-order valence-corrected chi connectivity index (χ1v) is 8.33. The fraction of sp³-hybridized carbons (Fsp3) is 0.450. The Morgan fingerprint density at radius 3 is 1.75 bits per heavy atom. The third kappa shape index (κ3) is 25.7. The Morgan fingerprint density at radius 2 is 1.21 bits per heavy atom. The van der Waals surface area contributed by atoms with E-state index in [0.717, 1.165) is 12.5 Å². The second kappa shape index (κ2) is 24.0. The molecule has 0 aromatic carbocycles. The van der Waals surface area contributed by atoms with Crippen molar-refractivity contribution in [3.8, 4) is 0 Å². The van der Waals surface area contributed by atoms with Crippen LogP contribution in [0.1, 0.15) is 58.3 Å². The van der Waals surface area contributed by atoms with E-state index in [1.165, 1.54) is 51.0 Å². The third-order valence-electron chi connectivity index (χ3n) is 3.13. The SMILES string of the molecule is CCCCCCCCCC=CC=CC=CC=CC=CC(=O)O.O.[Zn]. The molecule has 0 heterocycles. The van der Waals surface area contributed by atoms with Gasteiger partial charge in [-0.1, -0.05) is 100 Å². The van der Waals surface area contributed by atoms with E-state index in [1.54, 1.807) is 12.2 Å². The van der Waals surface area contributed by atoms with E-state index in [4.69, 9.17) is 5.11 Å². The molecule has 132 valence electrons. The van der Waals surface area contributed by atoms with Gasteiger partial charge in [-0.3, -0.25) is 0 Å². The summed E-state index contributed by atoms with van der Waals surface area (Å²) in [6.45, 7) is 2.25. The summed E-state index contributed by atoms with van der Waals surface area (Å²) >= 11 is 0. The van der Waals surface area contributed by atoms with Gasteiger partial charge in [0.1, 0.15) is 0 Å². The van der Waals surface area contributed by atoms with Gasteiger partial charge in [-0.05, 0) is 12.8 Å². The van der Waals surface area contributed by atoms with Crippen LogP contribution in [0, 0.1) is 0 Å². The van der Waals surface area contributed by atoms with Gasteiger partial charge in [-0.25, -0.2) is 4.79 Å². The molecule has 0 atom stereocenters. The van der Waals surface area contributed by atoms with Gasteiger partial charge in [0.2, 0.25) is 0 Å². The molecule has 0 amide bonds. The standard InChI is InChI=1S/C20H30O2.H2O.Zn/c1-2-3-4-5-6-7-8-9-10-11-12-13-14-15-16-17-18-19-20(21)22;;/h10-19H,2-9H2,1H3,(H,21,22);1H2;. The Hall–Kier alpha value is -1.25. The van der Waals surface area contributed by atoms with Gasteiger partial charge in [0.15, 0.2) is 0 Å². The first-order chi connectivity index (χ1) is 10.8. The molecule has 3 N–H and O–H groups in total. The van der Waals surface area contributed by atoms with Gasteiger partial charge in [0.05, 0.1) is 0 Å². The maximum absolute atomic E-state index is 10.2. The fourth-order valence-corrected chi connectivity index (χ4v) is 1.92. The van der Waals surface area contributed by atoms with Gasteiger partial charge < -0.3 is 10.6 Å². The Bertz CT molecular complexity index is 407. The molecule has 0 aliphatic heterocycles. The van der Waals surface area contributed by atoms with Crippen molar-refractivity contribution in [2.75, 3.05) is 0 Å². The zero-order chi connectivity index (χ0) is 16.3. The zero-order valence-electron chi connectivity index (χ0n) is 15.0. The van der Waals surface area contributed by atoms with Gasteiger partial charge in [-0.15, -0.1) is 0 Å². The van der Waals surface area contributed by atoms with Crippen molar-refractivity contribution in [1.29, 1.82) is 0 Å². The van der Waals surface area contributed by atoms with Crippen LogP contribution in [0.3, 0.4) is 0 Å². The van der Waals surface area contributed by atoms with Gasteiger partial charge in [-0.2, -0.15) is 0 Å². The summed E-state index contributed by atoms with van der Waals surface area (Å²) in [7, 11) is 0. The van der Waals surface area contributed by atoms with E-state index < -0.39 is 5.97 Å². The van der Waals surface area contributed by atoms with Crippen LogP contribution in [-0.4, -0.2) is 16.6 Å². The van der Waals surface area contributed by atoms with Crippen molar-refractivity contribution >= 4 is 5.97 Å². The molecule has 0 saturated carbocycles. The third-order valence-corrected chi connectivity index (χ3v) is 3.13. The molecule has 4 heteroatoms. The van der Waals surface area contributed by atoms with Crippen molar-refractivity contribution in [3.05, 3.63) is 60.8 Å². The van der Waals surface area contributed by atoms with Crippen molar-refractivity contribution in [1.82, 2.24) is 0 Å². The van der Waals surface area contributed by atoms with Crippen LogP contribution in [0.2, 0.25) is 0 Å². The molecular formula is C20H32O3Zn. The molecule has 0 radical (unpaired) electrons. The average molecular weight is 386 g/mol. The Balaban J connectivity index is -0.00000220. The quantitative estimate of drug-likeness (QED) is 0.206. The molecule has 0 aliphatic carbocycles. The number of carbonyl (C=O) groups is 1. The molecule has 0 bridgehead atoms. The summed E-state index contributed by atoms with van der Waals surface area (Å²) in [6, 6.07) is 0. The first-order valence-electron chi connectivity index (χ1n) is 8.33. The Kier molecular flexibility index (Phi) is 27.6. The average Bonchev–Trinajstić information content (AvgIpc) is 2.50. The maximum atomic E-state index is 10.2. The number of carboxylic acid groups (broad SMARTS) is 1. The largest absolute Gasteiger partial charge is 0.478 e. The van der Waals surface area contributed by atoms with Crippen molar-refractivity contribution in [2.24, 2.45) is 0 Å². The molecule has 0 unspecified atom stereocenters. The van der Waals surface area contributed by atoms with Crippen LogP contribution in [0.4, 0.5) is 0 Å². The summed E-state index contributed by atoms with van der Waals surface area (Å²) in [6.07, 6.45) is 28.8. The Morgan fingerprint density at radius 1 is 0.750 bits per heavy atom. The summed E-state index contributed by atoms with van der Waals surface area (Å²) < 4.78 is 0. The second-order valence-corrected chi connectivity index (χ2v) is 5.19. The van der Waals surface area contributed by atoms with Gasteiger partial charge in [0, 0.05) is 25.6 Å². The molecule has 0 aliphatic rings. The predicted octanol–water partition coefficient (Wildman–Crippen LogP) is 5.17. The van der Waals surface area contributed by atoms with Gasteiger partial charge in [0.25, 0.3) is 0 Å². The molecule has 0 aromatic rings. The number of unbranched alkanes of at least 4 members (excludes halogenated alkanes) is 7. The van der Waals surface area contributed by atoms with Crippen molar-refractivity contribution in [2.45, 2.75) is 58.3 Å². The molecule has 0 saturated heterocycles.